The van der Waals surface area contributed by atoms with Crippen molar-refractivity contribution in [2.75, 3.05) is 19.8 Å². The van der Waals surface area contributed by atoms with E-state index in [4.69, 9.17) is 14.2 Å². The van der Waals surface area contributed by atoms with E-state index in [0.29, 0.717) is 32.7 Å². The van der Waals surface area contributed by atoms with Crippen LogP contribution >= 0.6 is 0 Å². The Kier molecular flexibility index (Phi) is 6.10. The number of rotatable bonds is 6. The van der Waals surface area contributed by atoms with Gasteiger partial charge in [-0.1, -0.05) is 18.2 Å². The van der Waals surface area contributed by atoms with Gasteiger partial charge in [-0.3, -0.25) is 4.79 Å². The van der Waals surface area contributed by atoms with Crippen LogP contribution in [0.3, 0.4) is 0 Å². The SMILES string of the molecule is CCOc1ccccc1CCC(=O)N[C@@H]1CC[C@H]2OCCO[C@H]2C1. The van der Waals surface area contributed by atoms with Crippen molar-refractivity contribution in [3.63, 3.8) is 0 Å². The summed E-state index contributed by atoms with van der Waals surface area (Å²) in [5.74, 6) is 0.975. The molecule has 0 spiro atoms. The van der Waals surface area contributed by atoms with Gasteiger partial charge in [0.25, 0.3) is 0 Å². The highest BCUT2D eigenvalue weighted by Crippen LogP contribution is 2.27. The third kappa shape index (κ3) is 4.48. The van der Waals surface area contributed by atoms with Crippen LogP contribution in [-0.2, 0) is 20.7 Å². The van der Waals surface area contributed by atoms with Gasteiger partial charge in [-0.2, -0.15) is 0 Å². The van der Waals surface area contributed by atoms with Crippen LogP contribution in [0.25, 0.3) is 0 Å². The largest absolute Gasteiger partial charge is 0.494 e. The van der Waals surface area contributed by atoms with Gasteiger partial charge in [0.05, 0.1) is 32.0 Å². The van der Waals surface area contributed by atoms with Crippen LogP contribution in [0.15, 0.2) is 24.3 Å². The van der Waals surface area contributed by atoms with Crippen LogP contribution in [0, 0.1) is 0 Å². The van der Waals surface area contributed by atoms with Gasteiger partial charge in [-0.15, -0.1) is 0 Å². The first kappa shape index (κ1) is 17.2. The molecule has 0 unspecified atom stereocenters. The van der Waals surface area contributed by atoms with Gasteiger partial charge < -0.3 is 19.5 Å². The summed E-state index contributed by atoms with van der Waals surface area (Å²) >= 11 is 0. The third-order valence-electron chi connectivity index (χ3n) is 4.74. The summed E-state index contributed by atoms with van der Waals surface area (Å²) < 4.78 is 17.1. The molecule has 5 nitrogen and oxygen atoms in total. The van der Waals surface area contributed by atoms with Gasteiger partial charge in [-0.05, 0) is 44.2 Å². The zero-order valence-corrected chi connectivity index (χ0v) is 14.3. The molecule has 24 heavy (non-hydrogen) atoms. The Morgan fingerprint density at radius 2 is 2.00 bits per heavy atom. The number of carbonyl (C=O) groups is 1. The van der Waals surface area contributed by atoms with E-state index in [9.17, 15) is 4.79 Å². The lowest BCUT2D eigenvalue weighted by molar-refractivity contribution is -0.158. The predicted molar refractivity (Wildman–Crippen MR) is 91.2 cm³/mol. The summed E-state index contributed by atoms with van der Waals surface area (Å²) in [5, 5.41) is 3.16. The molecule has 1 aromatic carbocycles. The van der Waals surface area contributed by atoms with E-state index < -0.39 is 0 Å². The highest BCUT2D eigenvalue weighted by atomic mass is 16.6. The van der Waals surface area contributed by atoms with Crippen molar-refractivity contribution in [1.82, 2.24) is 5.32 Å². The van der Waals surface area contributed by atoms with Crippen LogP contribution in [0.1, 0.15) is 38.2 Å². The number of para-hydroxylation sites is 1. The monoisotopic (exact) mass is 333 g/mol. The third-order valence-corrected chi connectivity index (χ3v) is 4.74. The molecule has 1 aromatic rings. The fraction of sp³-hybridized carbons (Fsp3) is 0.632. The minimum absolute atomic E-state index is 0.0986. The molecule has 3 atom stereocenters. The maximum atomic E-state index is 12.3. The average molecular weight is 333 g/mol. The molecular weight excluding hydrogens is 306 g/mol. The lowest BCUT2D eigenvalue weighted by Crippen LogP contribution is -2.49. The first-order valence-electron chi connectivity index (χ1n) is 8.99. The predicted octanol–water partition coefficient (Wildman–Crippen LogP) is 2.47. The fourth-order valence-electron chi connectivity index (χ4n) is 3.55. The number of hydrogen-bond acceptors (Lipinski definition) is 4. The first-order chi connectivity index (χ1) is 11.8. The second-order valence-corrected chi connectivity index (χ2v) is 6.44. The van der Waals surface area contributed by atoms with Crippen molar-refractivity contribution in [3.8, 4) is 5.75 Å². The van der Waals surface area contributed by atoms with Crippen molar-refractivity contribution in [2.24, 2.45) is 0 Å². The van der Waals surface area contributed by atoms with Gasteiger partial charge in [0.15, 0.2) is 0 Å². The molecule has 0 radical (unpaired) electrons. The van der Waals surface area contributed by atoms with E-state index in [1.54, 1.807) is 0 Å². The molecule has 1 aliphatic heterocycles. The number of nitrogens with one attached hydrogen (secondary N) is 1. The summed E-state index contributed by atoms with van der Waals surface area (Å²) in [5.41, 5.74) is 1.09. The Bertz CT molecular complexity index is 548. The molecule has 2 fully saturated rings. The van der Waals surface area contributed by atoms with E-state index in [-0.39, 0.29) is 24.2 Å². The smallest absolute Gasteiger partial charge is 0.220 e. The molecule has 3 rings (SSSR count). The second kappa shape index (κ2) is 8.49. The number of carbonyl (C=O) groups excluding carboxylic acids is 1. The molecule has 1 heterocycles. The summed E-state index contributed by atoms with van der Waals surface area (Å²) in [7, 11) is 0. The standard InChI is InChI=1S/C19H27NO4/c1-2-22-16-6-4-3-5-14(16)7-10-19(21)20-15-8-9-17-18(13-15)24-12-11-23-17/h3-6,15,17-18H,2,7-13H2,1H3,(H,20,21)/t15-,17-,18+/m1/s1. The van der Waals surface area contributed by atoms with E-state index in [2.05, 4.69) is 5.32 Å². The minimum atomic E-state index is 0.0986. The lowest BCUT2D eigenvalue weighted by Gasteiger charge is -2.39. The summed E-state index contributed by atoms with van der Waals surface area (Å²) in [4.78, 5) is 12.3. The van der Waals surface area contributed by atoms with E-state index in [0.717, 1.165) is 30.6 Å². The van der Waals surface area contributed by atoms with E-state index >= 15 is 0 Å². The summed E-state index contributed by atoms with van der Waals surface area (Å²) in [6, 6.07) is 8.12. The number of aryl methyl sites for hydroxylation is 1. The molecule has 5 heteroatoms. The second-order valence-electron chi connectivity index (χ2n) is 6.44. The van der Waals surface area contributed by atoms with E-state index in [1.807, 2.05) is 31.2 Å². The fourth-order valence-corrected chi connectivity index (χ4v) is 3.55. The van der Waals surface area contributed by atoms with Gasteiger partial charge in [0.2, 0.25) is 5.91 Å². The number of ether oxygens (including phenoxy) is 3. The maximum absolute atomic E-state index is 12.3. The van der Waals surface area contributed by atoms with Crippen molar-refractivity contribution >= 4 is 5.91 Å². The normalized spacial score (nSPS) is 26.5. The molecule has 1 saturated carbocycles. The number of amides is 1. The molecular formula is C19H27NO4. The quantitative estimate of drug-likeness (QED) is 0.869. The first-order valence-corrected chi connectivity index (χ1v) is 8.99. The highest BCUT2D eigenvalue weighted by Gasteiger charge is 2.34. The molecule has 1 aliphatic carbocycles. The number of hydrogen-bond donors (Lipinski definition) is 1. The van der Waals surface area contributed by atoms with Crippen molar-refractivity contribution < 1.29 is 19.0 Å². The highest BCUT2D eigenvalue weighted by molar-refractivity contribution is 5.76. The Labute approximate surface area is 143 Å². The van der Waals surface area contributed by atoms with Gasteiger partial charge >= 0.3 is 0 Å². The maximum Gasteiger partial charge on any atom is 0.220 e. The lowest BCUT2D eigenvalue weighted by atomic mass is 9.89. The molecule has 0 aromatic heterocycles. The van der Waals surface area contributed by atoms with Crippen molar-refractivity contribution in [2.45, 2.75) is 57.3 Å². The van der Waals surface area contributed by atoms with Crippen LogP contribution in [-0.4, -0.2) is 44.0 Å². The number of benzene rings is 1. The summed E-state index contributed by atoms with van der Waals surface area (Å²) in [6.07, 6.45) is 4.30. The Morgan fingerprint density at radius 3 is 2.83 bits per heavy atom. The number of fused-ring (bicyclic) bond motifs is 1. The Hall–Kier alpha value is -1.59. The molecule has 1 saturated heterocycles. The minimum Gasteiger partial charge on any atom is -0.494 e. The van der Waals surface area contributed by atoms with E-state index in [1.165, 1.54) is 0 Å². The molecule has 1 amide bonds. The zero-order chi connectivity index (χ0) is 16.8. The van der Waals surface area contributed by atoms with Crippen LogP contribution in [0.4, 0.5) is 0 Å². The summed E-state index contributed by atoms with van der Waals surface area (Å²) in [6.45, 7) is 3.96. The van der Waals surface area contributed by atoms with Crippen molar-refractivity contribution in [1.29, 1.82) is 0 Å². The Balaban J connectivity index is 1.46. The zero-order valence-electron chi connectivity index (χ0n) is 14.3. The average Bonchev–Trinajstić information content (AvgIpc) is 2.61. The van der Waals surface area contributed by atoms with Gasteiger partial charge in [0.1, 0.15) is 5.75 Å². The molecule has 1 N–H and O–H groups in total. The molecule has 0 bridgehead atoms. The molecule has 132 valence electrons. The molecule has 2 aliphatic rings. The Morgan fingerprint density at radius 1 is 1.21 bits per heavy atom. The topological polar surface area (TPSA) is 56.8 Å². The van der Waals surface area contributed by atoms with Gasteiger partial charge in [0, 0.05) is 12.5 Å². The van der Waals surface area contributed by atoms with Crippen molar-refractivity contribution in [3.05, 3.63) is 29.8 Å². The van der Waals surface area contributed by atoms with Crippen LogP contribution in [0.5, 0.6) is 5.75 Å². The van der Waals surface area contributed by atoms with Gasteiger partial charge in [-0.25, -0.2) is 0 Å². The van der Waals surface area contributed by atoms with Crippen LogP contribution < -0.4 is 10.1 Å². The van der Waals surface area contributed by atoms with Crippen LogP contribution in [0.2, 0.25) is 0 Å².